The number of carbonyl (C=O) groups excluding carboxylic acids is 2. The van der Waals surface area contributed by atoms with Crippen LogP contribution >= 0.6 is 11.6 Å². The van der Waals surface area contributed by atoms with Crippen molar-refractivity contribution in [2.24, 2.45) is 0 Å². The van der Waals surface area contributed by atoms with Crippen molar-refractivity contribution in [2.75, 3.05) is 26.8 Å². The predicted molar refractivity (Wildman–Crippen MR) is 147 cm³/mol. The Morgan fingerprint density at radius 1 is 1.23 bits per heavy atom. The van der Waals surface area contributed by atoms with Crippen molar-refractivity contribution in [3.05, 3.63) is 52.5 Å². The maximum absolute atomic E-state index is 13.4. The number of methoxy groups -OCH3 is 1. The molecule has 1 saturated heterocycles. The van der Waals surface area contributed by atoms with Gasteiger partial charge in [-0.15, -0.1) is 0 Å². The van der Waals surface area contributed by atoms with Crippen LogP contribution in [0, 0.1) is 0 Å². The first-order valence-electron chi connectivity index (χ1n) is 12.8. The number of benzene rings is 2. The van der Waals surface area contributed by atoms with Crippen LogP contribution in [-0.4, -0.2) is 62.9 Å². The highest BCUT2D eigenvalue weighted by molar-refractivity contribution is 7.89. The normalized spacial score (nSPS) is 20.0. The van der Waals surface area contributed by atoms with Crippen LogP contribution in [0.4, 0.5) is 0 Å². The Kier molecular flexibility index (Phi) is 8.75. The summed E-state index contributed by atoms with van der Waals surface area (Å²) < 4.78 is 38.9. The summed E-state index contributed by atoms with van der Waals surface area (Å²) in [4.78, 5) is 26.0. The largest absolute Gasteiger partial charge is 0.497 e. The van der Waals surface area contributed by atoms with Gasteiger partial charge < -0.3 is 25.4 Å². The van der Waals surface area contributed by atoms with Gasteiger partial charge in [-0.1, -0.05) is 11.6 Å². The average Bonchev–Trinajstić information content (AvgIpc) is 2.88. The smallest absolute Gasteiger partial charge is 0.243 e. The number of fused-ring (bicyclic) bond motifs is 1. The molecule has 2 heterocycles. The van der Waals surface area contributed by atoms with E-state index in [2.05, 4.69) is 36.7 Å². The number of hydrogen-bond acceptors (Lipinski definition) is 7. The number of hydrogen-bond donors (Lipinski definition) is 3. The SMILES string of the molecule is COc1ccc(S(=O)(=O)N2CCNC(=O)C2CC(=O)NC2CCOc3cc(CNC(C)(C)C)c(Cl)cc32)cc1. The minimum absolute atomic E-state index is 0.0214. The molecule has 2 amide bonds. The molecule has 2 unspecified atom stereocenters. The summed E-state index contributed by atoms with van der Waals surface area (Å²) >= 11 is 6.57. The van der Waals surface area contributed by atoms with Gasteiger partial charge >= 0.3 is 0 Å². The molecule has 2 atom stereocenters. The minimum Gasteiger partial charge on any atom is -0.497 e. The second-order valence-electron chi connectivity index (χ2n) is 10.6. The fraction of sp³-hybridized carbons (Fsp3) is 0.481. The van der Waals surface area contributed by atoms with Crippen LogP contribution in [0.25, 0.3) is 0 Å². The highest BCUT2D eigenvalue weighted by Crippen LogP contribution is 2.36. The van der Waals surface area contributed by atoms with E-state index in [-0.39, 0.29) is 36.0 Å². The summed E-state index contributed by atoms with van der Waals surface area (Å²) in [6, 6.07) is 8.04. The molecule has 0 aliphatic carbocycles. The topological polar surface area (TPSA) is 126 Å². The minimum atomic E-state index is -4.03. The van der Waals surface area contributed by atoms with Crippen molar-refractivity contribution in [3.8, 4) is 11.5 Å². The van der Waals surface area contributed by atoms with Crippen LogP contribution < -0.4 is 25.4 Å². The van der Waals surface area contributed by atoms with Gasteiger partial charge in [0.1, 0.15) is 17.5 Å². The Morgan fingerprint density at radius 2 is 1.95 bits per heavy atom. The van der Waals surface area contributed by atoms with E-state index in [1.54, 1.807) is 6.07 Å². The summed E-state index contributed by atoms with van der Waals surface area (Å²) in [5, 5.41) is 9.60. The van der Waals surface area contributed by atoms with Gasteiger partial charge in [-0.25, -0.2) is 8.42 Å². The molecule has 2 aromatic rings. The summed E-state index contributed by atoms with van der Waals surface area (Å²) in [6.45, 7) is 7.37. The molecule has 4 rings (SSSR count). The molecule has 2 aliphatic heterocycles. The molecular formula is C27H35ClN4O6S. The Balaban J connectivity index is 1.49. The number of carbonyl (C=O) groups is 2. The van der Waals surface area contributed by atoms with Gasteiger partial charge in [0.25, 0.3) is 0 Å². The number of amides is 2. The molecule has 10 nitrogen and oxygen atoms in total. The molecule has 0 saturated carbocycles. The molecule has 12 heteroatoms. The van der Waals surface area contributed by atoms with Crippen molar-refractivity contribution in [3.63, 3.8) is 0 Å². The lowest BCUT2D eigenvalue weighted by Crippen LogP contribution is -2.58. The molecule has 0 radical (unpaired) electrons. The third-order valence-corrected chi connectivity index (χ3v) is 8.96. The van der Waals surface area contributed by atoms with Crippen LogP contribution in [0.5, 0.6) is 11.5 Å². The number of piperazine rings is 1. The standard InChI is InChI=1S/C27H35ClN4O6S/c1-27(2,3)30-16-17-13-24-20(14-21(17)28)22(9-12-38-24)31-25(33)15-23-26(34)29-10-11-32(23)39(35,36)19-7-5-18(37-4)6-8-19/h5-8,13-14,22-23,30H,9-12,15-16H2,1-4H3,(H,29,34)(H,31,33). The predicted octanol–water partition coefficient (Wildman–Crippen LogP) is 2.76. The number of halogens is 1. The second kappa shape index (κ2) is 11.7. The Morgan fingerprint density at radius 3 is 2.62 bits per heavy atom. The molecule has 3 N–H and O–H groups in total. The number of nitrogens with zero attached hydrogens (tertiary/aromatic N) is 1. The number of sulfonamides is 1. The average molecular weight is 579 g/mol. The maximum atomic E-state index is 13.4. The van der Waals surface area contributed by atoms with E-state index < -0.39 is 27.9 Å². The van der Waals surface area contributed by atoms with Crippen molar-refractivity contribution in [2.45, 2.75) is 62.7 Å². The van der Waals surface area contributed by atoms with E-state index in [1.165, 1.54) is 31.4 Å². The van der Waals surface area contributed by atoms with Crippen molar-refractivity contribution < 1.29 is 27.5 Å². The molecular weight excluding hydrogens is 544 g/mol. The fourth-order valence-corrected chi connectivity index (χ4v) is 6.41. The van der Waals surface area contributed by atoms with Gasteiger partial charge in [0, 0.05) is 42.2 Å². The molecule has 212 valence electrons. The van der Waals surface area contributed by atoms with Crippen LogP contribution in [0.15, 0.2) is 41.3 Å². The Labute approximate surface area is 234 Å². The van der Waals surface area contributed by atoms with Gasteiger partial charge in [0.05, 0.1) is 31.1 Å². The van der Waals surface area contributed by atoms with E-state index in [4.69, 9.17) is 21.1 Å². The molecule has 39 heavy (non-hydrogen) atoms. The maximum Gasteiger partial charge on any atom is 0.243 e. The number of nitrogens with one attached hydrogen (secondary N) is 3. The van der Waals surface area contributed by atoms with E-state index in [0.717, 1.165) is 15.4 Å². The zero-order valence-electron chi connectivity index (χ0n) is 22.5. The van der Waals surface area contributed by atoms with Crippen molar-refractivity contribution in [1.29, 1.82) is 0 Å². The van der Waals surface area contributed by atoms with E-state index >= 15 is 0 Å². The summed E-state index contributed by atoms with van der Waals surface area (Å²) in [5.74, 6) is 0.191. The highest BCUT2D eigenvalue weighted by atomic mass is 35.5. The first-order valence-corrected chi connectivity index (χ1v) is 14.6. The number of ether oxygens (including phenoxy) is 2. The van der Waals surface area contributed by atoms with Crippen LogP contribution in [-0.2, 0) is 26.2 Å². The van der Waals surface area contributed by atoms with Gasteiger partial charge in [0.15, 0.2) is 0 Å². The lowest BCUT2D eigenvalue weighted by molar-refractivity contribution is -0.132. The summed E-state index contributed by atoms with van der Waals surface area (Å²) in [5.41, 5.74) is 1.54. The molecule has 0 spiro atoms. The lowest BCUT2D eigenvalue weighted by atomic mass is 9.97. The first-order chi connectivity index (χ1) is 18.4. The zero-order chi connectivity index (χ0) is 28.4. The van der Waals surface area contributed by atoms with Crippen molar-refractivity contribution >= 4 is 33.4 Å². The highest BCUT2D eigenvalue weighted by Gasteiger charge is 2.40. The van der Waals surface area contributed by atoms with Gasteiger partial charge in [0.2, 0.25) is 21.8 Å². The van der Waals surface area contributed by atoms with Crippen LogP contribution in [0.2, 0.25) is 5.02 Å². The molecule has 1 fully saturated rings. The Hall–Kier alpha value is -2.86. The third kappa shape index (κ3) is 6.84. The van der Waals surface area contributed by atoms with E-state index in [1.807, 2.05) is 6.07 Å². The second-order valence-corrected chi connectivity index (χ2v) is 12.9. The van der Waals surface area contributed by atoms with E-state index in [0.29, 0.717) is 36.1 Å². The van der Waals surface area contributed by atoms with Crippen LogP contribution in [0.1, 0.15) is 50.8 Å². The van der Waals surface area contributed by atoms with Gasteiger partial charge in [-0.2, -0.15) is 4.31 Å². The molecule has 0 aromatic heterocycles. The first kappa shape index (κ1) is 29.1. The third-order valence-electron chi connectivity index (χ3n) is 6.69. The summed E-state index contributed by atoms with van der Waals surface area (Å²) in [6.07, 6.45) is 0.189. The quantitative estimate of drug-likeness (QED) is 0.440. The molecule has 2 aliphatic rings. The summed E-state index contributed by atoms with van der Waals surface area (Å²) in [7, 11) is -2.54. The van der Waals surface area contributed by atoms with Gasteiger partial charge in [-0.3, -0.25) is 9.59 Å². The van der Waals surface area contributed by atoms with Crippen LogP contribution in [0.3, 0.4) is 0 Å². The van der Waals surface area contributed by atoms with Crippen molar-refractivity contribution in [1.82, 2.24) is 20.3 Å². The zero-order valence-corrected chi connectivity index (χ0v) is 24.1. The number of rotatable bonds is 8. The molecule has 2 aromatic carbocycles. The molecule has 0 bridgehead atoms. The lowest BCUT2D eigenvalue weighted by Gasteiger charge is -2.34. The monoisotopic (exact) mass is 578 g/mol. The Bertz CT molecular complexity index is 1330. The van der Waals surface area contributed by atoms with E-state index in [9.17, 15) is 18.0 Å². The fourth-order valence-electron chi connectivity index (χ4n) is 4.58. The van der Waals surface area contributed by atoms with Gasteiger partial charge in [-0.05, 0) is 62.7 Å².